The molecular formula is C15H26N4O2. The summed E-state index contributed by atoms with van der Waals surface area (Å²) in [5.41, 5.74) is 5.90. The fourth-order valence-electron chi connectivity index (χ4n) is 2.89. The molecule has 1 aliphatic rings. The van der Waals surface area contributed by atoms with Gasteiger partial charge in [0.2, 0.25) is 0 Å². The van der Waals surface area contributed by atoms with Gasteiger partial charge >= 0.3 is 0 Å². The predicted molar refractivity (Wildman–Crippen MR) is 83.1 cm³/mol. The monoisotopic (exact) mass is 294 g/mol. The van der Waals surface area contributed by atoms with Crippen LogP contribution >= 0.6 is 0 Å². The average Bonchev–Trinajstić information content (AvgIpc) is 2.51. The van der Waals surface area contributed by atoms with Gasteiger partial charge in [-0.15, -0.1) is 0 Å². The number of ether oxygens (including phenoxy) is 1. The first-order valence-electron chi connectivity index (χ1n) is 7.83. The molecule has 1 saturated carbocycles. The summed E-state index contributed by atoms with van der Waals surface area (Å²) in [6.45, 7) is 3.62. The molecule has 1 fully saturated rings. The maximum absolute atomic E-state index is 9.37. The highest BCUT2D eigenvalue weighted by molar-refractivity contribution is 5.48. The number of hydrogen-bond donors (Lipinski definition) is 2. The van der Waals surface area contributed by atoms with Crippen molar-refractivity contribution in [2.45, 2.75) is 51.7 Å². The summed E-state index contributed by atoms with van der Waals surface area (Å²) < 4.78 is 5.37. The van der Waals surface area contributed by atoms with E-state index in [1.165, 1.54) is 19.3 Å². The number of aromatic nitrogens is 2. The summed E-state index contributed by atoms with van der Waals surface area (Å²) in [7, 11) is 0. The van der Waals surface area contributed by atoms with E-state index in [1.54, 1.807) is 6.07 Å². The van der Waals surface area contributed by atoms with Crippen LogP contribution in [0.4, 0.5) is 11.6 Å². The van der Waals surface area contributed by atoms with Gasteiger partial charge in [-0.25, -0.2) is 9.97 Å². The molecule has 0 spiro atoms. The Morgan fingerprint density at radius 2 is 2.10 bits per heavy atom. The largest absolute Gasteiger partial charge is 0.395 e. The number of rotatable bonds is 7. The highest BCUT2D eigenvalue weighted by atomic mass is 16.5. The second-order valence-electron chi connectivity index (χ2n) is 5.41. The van der Waals surface area contributed by atoms with Gasteiger partial charge < -0.3 is 20.5 Å². The topological polar surface area (TPSA) is 84.5 Å². The summed E-state index contributed by atoms with van der Waals surface area (Å²) in [6, 6.07) is 2.22. The first-order valence-corrected chi connectivity index (χ1v) is 7.83. The zero-order valence-electron chi connectivity index (χ0n) is 12.8. The molecule has 1 aromatic rings. The van der Waals surface area contributed by atoms with Gasteiger partial charge in [-0.2, -0.15) is 0 Å². The molecule has 118 valence electrons. The highest BCUT2D eigenvalue weighted by Crippen LogP contribution is 2.26. The van der Waals surface area contributed by atoms with Gasteiger partial charge in [0.05, 0.1) is 6.61 Å². The Bertz CT molecular complexity index is 436. The van der Waals surface area contributed by atoms with Crippen molar-refractivity contribution in [2.75, 3.05) is 30.4 Å². The van der Waals surface area contributed by atoms with Gasteiger partial charge in [-0.3, -0.25) is 0 Å². The van der Waals surface area contributed by atoms with Crippen LogP contribution in [-0.4, -0.2) is 40.9 Å². The summed E-state index contributed by atoms with van der Waals surface area (Å²) in [4.78, 5) is 10.9. The van der Waals surface area contributed by atoms with Crippen molar-refractivity contribution in [2.24, 2.45) is 0 Å². The van der Waals surface area contributed by atoms with E-state index in [1.807, 2.05) is 6.92 Å². The van der Waals surface area contributed by atoms with E-state index >= 15 is 0 Å². The lowest BCUT2D eigenvalue weighted by atomic mass is 9.94. The van der Waals surface area contributed by atoms with Gasteiger partial charge in [0.15, 0.2) is 5.82 Å². The van der Waals surface area contributed by atoms with Crippen LogP contribution in [0.15, 0.2) is 6.07 Å². The van der Waals surface area contributed by atoms with Gasteiger partial charge in [0.1, 0.15) is 18.2 Å². The third-order valence-corrected chi connectivity index (χ3v) is 3.86. The predicted octanol–water partition coefficient (Wildman–Crippen LogP) is 1.73. The molecule has 0 radical (unpaired) electrons. The smallest absolute Gasteiger partial charge is 0.158 e. The highest BCUT2D eigenvalue weighted by Gasteiger charge is 2.22. The molecule has 0 unspecified atom stereocenters. The Balaban J connectivity index is 2.19. The molecule has 0 aromatic carbocycles. The molecule has 0 amide bonds. The maximum atomic E-state index is 9.37. The van der Waals surface area contributed by atoms with Gasteiger partial charge in [0.25, 0.3) is 0 Å². The molecule has 6 nitrogen and oxygen atoms in total. The molecule has 0 atom stereocenters. The van der Waals surface area contributed by atoms with Gasteiger partial charge in [0, 0.05) is 25.3 Å². The molecule has 0 bridgehead atoms. The Kier molecular flexibility index (Phi) is 6.20. The summed E-state index contributed by atoms with van der Waals surface area (Å²) in [6.07, 6.45) is 6.05. The molecule has 0 aliphatic heterocycles. The first kappa shape index (κ1) is 16.0. The Morgan fingerprint density at radius 1 is 1.33 bits per heavy atom. The number of nitrogens with two attached hydrogens (primary N) is 1. The van der Waals surface area contributed by atoms with Crippen molar-refractivity contribution in [1.29, 1.82) is 0 Å². The number of nitrogens with zero attached hydrogens (tertiary/aromatic N) is 3. The Morgan fingerprint density at radius 3 is 2.76 bits per heavy atom. The lowest BCUT2D eigenvalue weighted by Crippen LogP contribution is -2.39. The first-order chi connectivity index (χ1) is 10.2. The van der Waals surface area contributed by atoms with E-state index in [0.29, 0.717) is 37.4 Å². The van der Waals surface area contributed by atoms with Crippen LogP contribution in [0.3, 0.4) is 0 Å². The number of nitrogen functional groups attached to an aromatic ring is 1. The molecule has 1 aromatic heterocycles. The summed E-state index contributed by atoms with van der Waals surface area (Å²) in [5.74, 6) is 1.86. The lowest BCUT2D eigenvalue weighted by molar-refractivity contribution is 0.128. The lowest BCUT2D eigenvalue weighted by Gasteiger charge is -2.35. The van der Waals surface area contributed by atoms with E-state index in [9.17, 15) is 5.11 Å². The van der Waals surface area contributed by atoms with Crippen LogP contribution in [0.1, 0.15) is 44.9 Å². The summed E-state index contributed by atoms with van der Waals surface area (Å²) >= 11 is 0. The van der Waals surface area contributed by atoms with Gasteiger partial charge in [-0.1, -0.05) is 19.3 Å². The Labute approximate surface area is 126 Å². The molecule has 3 N–H and O–H groups in total. The van der Waals surface area contributed by atoms with E-state index < -0.39 is 0 Å². The van der Waals surface area contributed by atoms with Crippen molar-refractivity contribution in [3.8, 4) is 0 Å². The minimum atomic E-state index is 0.112. The zero-order valence-corrected chi connectivity index (χ0v) is 12.8. The SMILES string of the molecule is CCOCc1nc(N)cc(N(CCO)C2CCCCC2)n1. The third kappa shape index (κ3) is 4.54. The zero-order chi connectivity index (χ0) is 15.1. The van der Waals surface area contributed by atoms with E-state index in [4.69, 9.17) is 10.5 Å². The molecule has 0 saturated heterocycles. The van der Waals surface area contributed by atoms with Crippen LogP contribution in [0.5, 0.6) is 0 Å². The summed E-state index contributed by atoms with van der Waals surface area (Å²) in [5, 5.41) is 9.37. The van der Waals surface area contributed by atoms with Crippen molar-refractivity contribution in [3.05, 3.63) is 11.9 Å². The molecule has 2 rings (SSSR count). The standard InChI is InChI=1S/C15H26N4O2/c1-2-21-11-14-17-13(16)10-15(18-14)19(8-9-20)12-6-4-3-5-7-12/h10,12,20H,2-9,11H2,1H3,(H2,16,17,18). The number of aliphatic hydroxyl groups is 1. The molecule has 6 heteroatoms. The van der Waals surface area contributed by atoms with Crippen LogP contribution in [0.2, 0.25) is 0 Å². The fraction of sp³-hybridized carbons (Fsp3) is 0.733. The second kappa shape index (κ2) is 8.14. The van der Waals surface area contributed by atoms with E-state index in [2.05, 4.69) is 14.9 Å². The quantitative estimate of drug-likeness (QED) is 0.796. The number of hydrogen-bond acceptors (Lipinski definition) is 6. The van der Waals surface area contributed by atoms with Crippen LogP contribution < -0.4 is 10.6 Å². The molecule has 21 heavy (non-hydrogen) atoms. The van der Waals surface area contributed by atoms with Crippen molar-refractivity contribution >= 4 is 11.6 Å². The maximum Gasteiger partial charge on any atom is 0.158 e. The van der Waals surface area contributed by atoms with E-state index in [0.717, 1.165) is 18.7 Å². The number of anilines is 2. The number of aliphatic hydroxyl groups excluding tert-OH is 1. The normalized spacial score (nSPS) is 16.1. The third-order valence-electron chi connectivity index (χ3n) is 3.86. The van der Waals surface area contributed by atoms with Crippen molar-refractivity contribution in [1.82, 2.24) is 9.97 Å². The molecule has 1 aliphatic carbocycles. The van der Waals surface area contributed by atoms with Crippen molar-refractivity contribution < 1.29 is 9.84 Å². The van der Waals surface area contributed by atoms with Crippen molar-refractivity contribution in [3.63, 3.8) is 0 Å². The van der Waals surface area contributed by atoms with Crippen LogP contribution in [0.25, 0.3) is 0 Å². The molecule has 1 heterocycles. The Hall–Kier alpha value is -1.40. The minimum absolute atomic E-state index is 0.112. The van der Waals surface area contributed by atoms with Gasteiger partial charge in [-0.05, 0) is 19.8 Å². The van der Waals surface area contributed by atoms with Crippen LogP contribution in [-0.2, 0) is 11.3 Å². The second-order valence-corrected chi connectivity index (χ2v) is 5.41. The average molecular weight is 294 g/mol. The van der Waals surface area contributed by atoms with E-state index in [-0.39, 0.29) is 6.61 Å². The minimum Gasteiger partial charge on any atom is -0.395 e. The van der Waals surface area contributed by atoms with Crippen LogP contribution in [0, 0.1) is 0 Å². The molecular weight excluding hydrogens is 268 g/mol. The fourth-order valence-corrected chi connectivity index (χ4v) is 2.89.